The van der Waals surface area contributed by atoms with Crippen LogP contribution in [0.4, 0.5) is 0 Å². The summed E-state index contributed by atoms with van der Waals surface area (Å²) in [5, 5.41) is 3.34. The van der Waals surface area contributed by atoms with Crippen molar-refractivity contribution in [3.05, 3.63) is 12.2 Å². The quantitative estimate of drug-likeness (QED) is 0.486. The summed E-state index contributed by atoms with van der Waals surface area (Å²) in [5.74, 6) is 0. The third kappa shape index (κ3) is 9.70. The fraction of sp³-hybridized carbons (Fsp3) is 0.800. The van der Waals surface area contributed by atoms with Crippen LogP contribution in [0.2, 0.25) is 0 Å². The first-order valence-electron chi connectivity index (χ1n) is 4.27. The highest BCUT2D eigenvalue weighted by Gasteiger charge is 2.08. The highest BCUT2D eigenvalue weighted by atomic mass is 14.8. The Bertz CT molecular complexity index is 119. The Morgan fingerprint density at radius 2 is 1.91 bits per heavy atom. The molecule has 1 nitrogen and oxygen atoms in total. The molecule has 0 bridgehead atoms. The van der Waals surface area contributed by atoms with E-state index in [1.54, 1.807) is 0 Å². The van der Waals surface area contributed by atoms with Gasteiger partial charge in [0.15, 0.2) is 0 Å². The molecule has 0 spiro atoms. The van der Waals surface area contributed by atoms with Crippen molar-refractivity contribution < 1.29 is 0 Å². The van der Waals surface area contributed by atoms with Crippen molar-refractivity contribution in [3.63, 3.8) is 0 Å². The zero-order valence-electron chi connectivity index (χ0n) is 8.33. The zero-order valence-corrected chi connectivity index (χ0v) is 8.33. The van der Waals surface area contributed by atoms with Crippen molar-refractivity contribution in [1.82, 2.24) is 5.32 Å². The van der Waals surface area contributed by atoms with Crippen LogP contribution in [0, 0.1) is 5.41 Å². The second kappa shape index (κ2) is 4.55. The van der Waals surface area contributed by atoms with Crippen molar-refractivity contribution in [1.29, 1.82) is 0 Å². The lowest BCUT2D eigenvalue weighted by Crippen LogP contribution is -2.21. The molecule has 0 saturated carbocycles. The summed E-state index contributed by atoms with van der Waals surface area (Å²) in [7, 11) is 0. The average molecular weight is 155 g/mol. The lowest BCUT2D eigenvalue weighted by atomic mass is 9.92. The van der Waals surface area contributed by atoms with Crippen LogP contribution in [-0.4, -0.2) is 13.1 Å². The van der Waals surface area contributed by atoms with E-state index in [2.05, 4.69) is 32.7 Å². The molecular weight excluding hydrogens is 134 g/mol. The molecule has 0 aliphatic rings. The molecule has 0 aliphatic carbocycles. The first kappa shape index (κ1) is 10.7. The average Bonchev–Trinajstić information content (AvgIpc) is 1.78. The molecule has 0 atom stereocenters. The second-order valence-electron chi connectivity index (χ2n) is 4.44. The highest BCUT2D eigenvalue weighted by molar-refractivity contribution is 4.90. The summed E-state index contributed by atoms with van der Waals surface area (Å²) >= 11 is 0. The van der Waals surface area contributed by atoms with Gasteiger partial charge in [-0.3, -0.25) is 0 Å². The van der Waals surface area contributed by atoms with Crippen molar-refractivity contribution in [2.24, 2.45) is 5.41 Å². The highest BCUT2D eigenvalue weighted by Crippen LogP contribution is 2.16. The van der Waals surface area contributed by atoms with Gasteiger partial charge in [0.25, 0.3) is 0 Å². The molecule has 1 heteroatoms. The number of rotatable bonds is 4. The van der Waals surface area contributed by atoms with Crippen molar-refractivity contribution in [3.8, 4) is 0 Å². The normalized spacial score (nSPS) is 11.6. The molecule has 11 heavy (non-hydrogen) atoms. The topological polar surface area (TPSA) is 12.0 Å². The predicted octanol–water partition coefficient (Wildman–Crippen LogP) is 2.59. The van der Waals surface area contributed by atoms with Crippen LogP contribution in [0.5, 0.6) is 0 Å². The first-order chi connectivity index (χ1) is 4.92. The summed E-state index contributed by atoms with van der Waals surface area (Å²) in [4.78, 5) is 0. The standard InChI is InChI=1S/C10H21N/c1-9(2)8-11-7-6-10(3,4)5/h11H,1,6-8H2,2-5H3. The van der Waals surface area contributed by atoms with Crippen molar-refractivity contribution in [2.75, 3.05) is 13.1 Å². The van der Waals surface area contributed by atoms with Crippen LogP contribution in [0.15, 0.2) is 12.2 Å². The van der Waals surface area contributed by atoms with Crippen LogP contribution in [0.25, 0.3) is 0 Å². The van der Waals surface area contributed by atoms with Gasteiger partial charge in [-0.25, -0.2) is 0 Å². The van der Waals surface area contributed by atoms with Crippen LogP contribution < -0.4 is 5.32 Å². The smallest absolute Gasteiger partial charge is 0.0159 e. The maximum absolute atomic E-state index is 3.83. The van der Waals surface area contributed by atoms with Crippen molar-refractivity contribution in [2.45, 2.75) is 34.1 Å². The predicted molar refractivity (Wildman–Crippen MR) is 51.8 cm³/mol. The summed E-state index contributed by atoms with van der Waals surface area (Å²) in [5.41, 5.74) is 1.65. The number of nitrogens with one attached hydrogen (secondary N) is 1. The zero-order chi connectivity index (χ0) is 8.91. The van der Waals surface area contributed by atoms with Gasteiger partial charge in [-0.05, 0) is 25.3 Å². The maximum atomic E-state index is 3.83. The summed E-state index contributed by atoms with van der Waals surface area (Å²) in [6, 6.07) is 0. The lowest BCUT2D eigenvalue weighted by molar-refractivity contribution is 0.370. The van der Waals surface area contributed by atoms with Crippen LogP contribution >= 0.6 is 0 Å². The molecular formula is C10H21N. The first-order valence-corrected chi connectivity index (χ1v) is 4.27. The molecule has 0 radical (unpaired) electrons. The second-order valence-corrected chi connectivity index (χ2v) is 4.44. The van der Waals surface area contributed by atoms with Gasteiger partial charge < -0.3 is 5.32 Å². The Balaban J connectivity index is 3.22. The minimum absolute atomic E-state index is 0.447. The van der Waals surface area contributed by atoms with Gasteiger partial charge in [-0.2, -0.15) is 0 Å². The fourth-order valence-corrected chi connectivity index (χ4v) is 0.765. The van der Waals surface area contributed by atoms with Crippen LogP contribution in [-0.2, 0) is 0 Å². The largest absolute Gasteiger partial charge is 0.313 e. The van der Waals surface area contributed by atoms with E-state index < -0.39 is 0 Å². The molecule has 1 N–H and O–H groups in total. The van der Waals surface area contributed by atoms with Crippen LogP contribution in [0.1, 0.15) is 34.1 Å². The van der Waals surface area contributed by atoms with Gasteiger partial charge in [0.2, 0.25) is 0 Å². The minimum atomic E-state index is 0.447. The Labute approximate surface area is 70.9 Å². The van der Waals surface area contributed by atoms with Gasteiger partial charge >= 0.3 is 0 Å². The molecule has 0 aromatic heterocycles. The summed E-state index contributed by atoms with van der Waals surface area (Å²) < 4.78 is 0. The van der Waals surface area contributed by atoms with E-state index in [-0.39, 0.29) is 0 Å². The van der Waals surface area contributed by atoms with E-state index >= 15 is 0 Å². The fourth-order valence-electron chi connectivity index (χ4n) is 0.765. The minimum Gasteiger partial charge on any atom is -0.313 e. The lowest BCUT2D eigenvalue weighted by Gasteiger charge is -2.17. The van der Waals surface area contributed by atoms with E-state index in [1.165, 1.54) is 12.0 Å². The maximum Gasteiger partial charge on any atom is 0.0159 e. The molecule has 0 saturated heterocycles. The summed E-state index contributed by atoms with van der Waals surface area (Å²) in [6.45, 7) is 14.7. The van der Waals surface area contributed by atoms with Gasteiger partial charge in [0, 0.05) is 6.54 Å². The Morgan fingerprint density at radius 1 is 1.36 bits per heavy atom. The molecule has 0 heterocycles. The SMILES string of the molecule is C=C(C)CNCCC(C)(C)C. The van der Waals surface area contributed by atoms with Crippen molar-refractivity contribution >= 4 is 0 Å². The molecule has 0 rings (SSSR count). The number of hydrogen-bond donors (Lipinski definition) is 1. The monoisotopic (exact) mass is 155 g/mol. The number of hydrogen-bond acceptors (Lipinski definition) is 1. The van der Waals surface area contributed by atoms with E-state index in [1.807, 2.05) is 6.92 Å². The van der Waals surface area contributed by atoms with E-state index in [4.69, 9.17) is 0 Å². The van der Waals surface area contributed by atoms with Gasteiger partial charge in [-0.1, -0.05) is 32.9 Å². The van der Waals surface area contributed by atoms with E-state index in [0.29, 0.717) is 5.41 Å². The summed E-state index contributed by atoms with van der Waals surface area (Å²) in [6.07, 6.45) is 1.22. The molecule has 0 aliphatic heterocycles. The molecule has 0 aromatic rings. The molecule has 0 fully saturated rings. The molecule has 0 aromatic carbocycles. The Morgan fingerprint density at radius 3 is 2.27 bits per heavy atom. The van der Waals surface area contributed by atoms with Gasteiger partial charge in [0.1, 0.15) is 0 Å². The third-order valence-electron chi connectivity index (χ3n) is 1.48. The van der Waals surface area contributed by atoms with E-state index in [9.17, 15) is 0 Å². The Hall–Kier alpha value is -0.300. The van der Waals surface area contributed by atoms with Gasteiger partial charge in [0.05, 0.1) is 0 Å². The third-order valence-corrected chi connectivity index (χ3v) is 1.48. The molecule has 0 amide bonds. The van der Waals surface area contributed by atoms with Gasteiger partial charge in [-0.15, -0.1) is 0 Å². The molecule has 0 unspecified atom stereocenters. The van der Waals surface area contributed by atoms with E-state index in [0.717, 1.165) is 13.1 Å². The molecule has 66 valence electrons. The Kier molecular flexibility index (Phi) is 4.43. The van der Waals surface area contributed by atoms with Crippen LogP contribution in [0.3, 0.4) is 0 Å².